The molecule has 1 unspecified atom stereocenters. The Bertz CT molecular complexity index is 414. The number of thioether (sulfide) groups is 1. The van der Waals surface area contributed by atoms with Gasteiger partial charge in [0.05, 0.1) is 11.9 Å². The number of carboxylic acids is 1. The molecule has 0 radical (unpaired) electrons. The summed E-state index contributed by atoms with van der Waals surface area (Å²) in [5.41, 5.74) is 0. The summed E-state index contributed by atoms with van der Waals surface area (Å²) in [5, 5.41) is 12.6. The second-order valence-electron chi connectivity index (χ2n) is 6.04. The van der Waals surface area contributed by atoms with Crippen LogP contribution in [0.15, 0.2) is 0 Å². The molecule has 3 heterocycles. The molecule has 3 aliphatic heterocycles. The van der Waals surface area contributed by atoms with Crippen molar-refractivity contribution < 1.29 is 14.7 Å². The number of amides is 1. The van der Waals surface area contributed by atoms with E-state index >= 15 is 0 Å². The molecular formula is C14H23N3O3S. The number of carbonyl (C=O) groups is 2. The quantitative estimate of drug-likeness (QED) is 0.775. The van der Waals surface area contributed by atoms with Crippen LogP contribution in [0, 0.1) is 0 Å². The van der Waals surface area contributed by atoms with Crippen LogP contribution < -0.4 is 5.32 Å². The summed E-state index contributed by atoms with van der Waals surface area (Å²) < 4.78 is 0. The molecule has 0 saturated carbocycles. The molecule has 0 spiro atoms. The predicted octanol–water partition coefficient (Wildman–Crippen LogP) is 0.189. The summed E-state index contributed by atoms with van der Waals surface area (Å²) in [6.07, 6.45) is 4.08. The fraction of sp³-hybridized carbons (Fsp3) is 0.857. The van der Waals surface area contributed by atoms with Crippen LogP contribution in [-0.2, 0) is 9.59 Å². The van der Waals surface area contributed by atoms with Crippen molar-refractivity contribution in [3.8, 4) is 0 Å². The highest BCUT2D eigenvalue weighted by Crippen LogP contribution is 2.29. The average Bonchev–Trinajstić information content (AvgIpc) is 3.16. The highest BCUT2D eigenvalue weighted by atomic mass is 32.2. The molecule has 3 saturated heterocycles. The summed E-state index contributed by atoms with van der Waals surface area (Å²) in [5.74, 6) is 0.191. The number of nitrogens with one attached hydrogen (secondary N) is 1. The minimum atomic E-state index is -0.875. The number of hydrogen-bond donors (Lipinski definition) is 2. The van der Waals surface area contributed by atoms with Crippen LogP contribution in [0.25, 0.3) is 0 Å². The fourth-order valence-electron chi connectivity index (χ4n) is 3.69. The molecule has 3 aliphatic rings. The second-order valence-corrected chi connectivity index (χ2v) is 7.04. The van der Waals surface area contributed by atoms with Gasteiger partial charge in [0, 0.05) is 11.8 Å². The van der Waals surface area contributed by atoms with E-state index < -0.39 is 12.0 Å². The maximum absolute atomic E-state index is 12.8. The second kappa shape index (κ2) is 6.54. The van der Waals surface area contributed by atoms with E-state index in [1.165, 1.54) is 11.8 Å². The Morgan fingerprint density at radius 2 is 1.90 bits per heavy atom. The lowest BCUT2D eigenvalue weighted by atomic mass is 10.0. The van der Waals surface area contributed by atoms with Crippen molar-refractivity contribution in [2.75, 3.05) is 31.3 Å². The van der Waals surface area contributed by atoms with Crippen LogP contribution in [0.1, 0.15) is 25.7 Å². The molecule has 1 amide bonds. The average molecular weight is 313 g/mol. The van der Waals surface area contributed by atoms with E-state index in [9.17, 15) is 14.7 Å². The van der Waals surface area contributed by atoms with Crippen molar-refractivity contribution in [2.45, 2.75) is 43.8 Å². The smallest absolute Gasteiger partial charge is 0.327 e. The summed E-state index contributed by atoms with van der Waals surface area (Å²) in [6.45, 7) is 3.00. The monoisotopic (exact) mass is 313 g/mol. The first kappa shape index (κ1) is 15.1. The molecule has 3 rings (SSSR count). The highest BCUT2D eigenvalue weighted by molar-refractivity contribution is 7.99. The van der Waals surface area contributed by atoms with Gasteiger partial charge in [-0.05, 0) is 45.3 Å². The molecule has 0 aromatic carbocycles. The van der Waals surface area contributed by atoms with Gasteiger partial charge in [-0.15, -0.1) is 11.8 Å². The van der Waals surface area contributed by atoms with Crippen molar-refractivity contribution in [1.82, 2.24) is 15.1 Å². The topological polar surface area (TPSA) is 72.9 Å². The van der Waals surface area contributed by atoms with Crippen LogP contribution in [0.3, 0.4) is 0 Å². The van der Waals surface area contributed by atoms with E-state index in [1.807, 2.05) is 0 Å². The molecule has 0 aromatic heterocycles. The van der Waals surface area contributed by atoms with Gasteiger partial charge in [0.25, 0.3) is 0 Å². The standard InChI is InChI=1S/C14H23N3O3S/c18-13(17-9-21-8-12(17)14(19)20)11-2-1-7-16(11)10-3-5-15-6-4-10/h10-12,15H,1-9H2,(H,19,20)/t11?,12-/m0/s1. The van der Waals surface area contributed by atoms with Crippen molar-refractivity contribution in [2.24, 2.45) is 0 Å². The first-order valence-corrected chi connectivity index (χ1v) is 8.91. The van der Waals surface area contributed by atoms with Gasteiger partial charge in [0.15, 0.2) is 0 Å². The van der Waals surface area contributed by atoms with Gasteiger partial charge in [-0.25, -0.2) is 4.79 Å². The van der Waals surface area contributed by atoms with E-state index in [0.29, 0.717) is 17.7 Å². The van der Waals surface area contributed by atoms with E-state index in [0.717, 1.165) is 45.3 Å². The Kier molecular flexibility index (Phi) is 4.71. The first-order valence-electron chi connectivity index (χ1n) is 7.76. The largest absolute Gasteiger partial charge is 0.480 e. The lowest BCUT2D eigenvalue weighted by Gasteiger charge is -2.37. The number of hydrogen-bond acceptors (Lipinski definition) is 5. The van der Waals surface area contributed by atoms with Crippen molar-refractivity contribution in [1.29, 1.82) is 0 Å². The number of carbonyl (C=O) groups excluding carboxylic acids is 1. The molecule has 6 nitrogen and oxygen atoms in total. The number of rotatable bonds is 3. The lowest BCUT2D eigenvalue weighted by Crippen LogP contribution is -2.53. The molecule has 3 fully saturated rings. The predicted molar refractivity (Wildman–Crippen MR) is 81.2 cm³/mol. The van der Waals surface area contributed by atoms with E-state index in [2.05, 4.69) is 10.2 Å². The maximum atomic E-state index is 12.8. The summed E-state index contributed by atoms with van der Waals surface area (Å²) in [7, 11) is 0. The molecular weight excluding hydrogens is 290 g/mol. The fourth-order valence-corrected chi connectivity index (χ4v) is 4.84. The third-order valence-electron chi connectivity index (χ3n) is 4.81. The molecule has 7 heteroatoms. The molecule has 0 aliphatic carbocycles. The van der Waals surface area contributed by atoms with Crippen molar-refractivity contribution in [3.63, 3.8) is 0 Å². The lowest BCUT2D eigenvalue weighted by molar-refractivity contribution is -0.150. The molecule has 0 bridgehead atoms. The first-order chi connectivity index (χ1) is 10.2. The van der Waals surface area contributed by atoms with E-state index in [4.69, 9.17) is 0 Å². The van der Waals surface area contributed by atoms with Crippen molar-refractivity contribution in [3.05, 3.63) is 0 Å². The zero-order valence-corrected chi connectivity index (χ0v) is 13.0. The molecule has 2 atom stereocenters. The van der Waals surface area contributed by atoms with Gasteiger partial charge in [-0.2, -0.15) is 0 Å². The summed E-state index contributed by atoms with van der Waals surface area (Å²) in [6, 6.07) is -0.271. The number of likely N-dealkylation sites (tertiary alicyclic amines) is 1. The van der Waals surface area contributed by atoms with Crippen LogP contribution >= 0.6 is 11.8 Å². The van der Waals surface area contributed by atoms with Gasteiger partial charge in [-0.3, -0.25) is 9.69 Å². The summed E-state index contributed by atoms with van der Waals surface area (Å²) in [4.78, 5) is 28.0. The summed E-state index contributed by atoms with van der Waals surface area (Å²) >= 11 is 1.54. The highest BCUT2D eigenvalue weighted by Gasteiger charge is 2.42. The van der Waals surface area contributed by atoms with Gasteiger partial charge >= 0.3 is 5.97 Å². The molecule has 118 valence electrons. The van der Waals surface area contributed by atoms with Crippen LogP contribution in [0.5, 0.6) is 0 Å². The minimum Gasteiger partial charge on any atom is -0.480 e. The molecule has 0 aromatic rings. The minimum absolute atomic E-state index is 0.0310. The normalized spacial score (nSPS) is 31.7. The Balaban J connectivity index is 1.69. The van der Waals surface area contributed by atoms with Crippen LogP contribution in [0.4, 0.5) is 0 Å². The number of piperidine rings is 1. The molecule has 21 heavy (non-hydrogen) atoms. The van der Waals surface area contributed by atoms with Gasteiger partial charge in [-0.1, -0.05) is 0 Å². The van der Waals surface area contributed by atoms with E-state index in [-0.39, 0.29) is 11.9 Å². The number of aliphatic carboxylic acids is 1. The van der Waals surface area contributed by atoms with Gasteiger partial charge in [0.1, 0.15) is 6.04 Å². The zero-order chi connectivity index (χ0) is 14.8. The number of carboxylic acid groups (broad SMARTS) is 1. The third kappa shape index (κ3) is 3.05. The Morgan fingerprint density at radius 3 is 2.62 bits per heavy atom. The third-order valence-corrected chi connectivity index (χ3v) is 5.82. The molecule has 2 N–H and O–H groups in total. The Morgan fingerprint density at radius 1 is 1.14 bits per heavy atom. The number of nitrogens with zero attached hydrogens (tertiary/aromatic N) is 2. The van der Waals surface area contributed by atoms with E-state index in [1.54, 1.807) is 4.90 Å². The van der Waals surface area contributed by atoms with Crippen molar-refractivity contribution >= 4 is 23.6 Å². The Labute approximate surface area is 129 Å². The SMILES string of the molecule is O=C(O)[C@@H]1CSCN1C(=O)C1CCCN1C1CCNCC1. The van der Waals surface area contributed by atoms with Crippen LogP contribution in [0.2, 0.25) is 0 Å². The van der Waals surface area contributed by atoms with Gasteiger partial charge in [0.2, 0.25) is 5.91 Å². The Hall–Kier alpha value is -0.790. The maximum Gasteiger partial charge on any atom is 0.327 e. The zero-order valence-electron chi connectivity index (χ0n) is 12.2. The van der Waals surface area contributed by atoms with Crippen LogP contribution in [-0.4, -0.2) is 76.2 Å². The van der Waals surface area contributed by atoms with Gasteiger partial charge < -0.3 is 15.3 Å².